The maximum Gasteiger partial charge on any atom is 0.291 e. The summed E-state index contributed by atoms with van der Waals surface area (Å²) in [5.41, 5.74) is 0.888. The van der Waals surface area contributed by atoms with Crippen LogP contribution in [0, 0.1) is 0 Å². The molecule has 2 aromatic carbocycles. The molecule has 0 atom stereocenters. The zero-order valence-electron chi connectivity index (χ0n) is 7.00. The van der Waals surface area contributed by atoms with Gasteiger partial charge in [-0.1, -0.05) is 24.3 Å². The van der Waals surface area contributed by atoms with Crippen molar-refractivity contribution >= 4 is 39.1 Å². The average Bonchev–Trinajstić information content (AvgIpc) is 2.19. The minimum absolute atomic E-state index is 0.888. The number of halogens is 1. The van der Waals surface area contributed by atoms with Crippen LogP contribution in [0.15, 0.2) is 40.9 Å². The van der Waals surface area contributed by atoms with E-state index >= 15 is 0 Å². The molecule has 0 saturated carbocycles. The average molecular weight is 234 g/mol. The van der Waals surface area contributed by atoms with Gasteiger partial charge in [0.05, 0.1) is 4.99 Å². The molecule has 63 valence electrons. The van der Waals surface area contributed by atoms with Crippen molar-refractivity contribution in [1.29, 1.82) is 0 Å². The maximum absolute atomic E-state index is 3.92. The highest BCUT2D eigenvalue weighted by Gasteiger charge is 2.09. The summed E-state index contributed by atoms with van der Waals surface area (Å²) >= 11 is 3.51. The Labute approximate surface area is 85.2 Å². The summed E-state index contributed by atoms with van der Waals surface area (Å²) in [5, 5.41) is 2.38. The van der Waals surface area contributed by atoms with Crippen LogP contribution >= 0.6 is 15.9 Å². The fourth-order valence-corrected chi connectivity index (χ4v) is 1.96. The van der Waals surface area contributed by atoms with Crippen LogP contribution in [-0.4, -0.2) is 6.72 Å². The Kier molecular flexibility index (Phi) is 2.15. The van der Waals surface area contributed by atoms with Crippen molar-refractivity contribution in [3.63, 3.8) is 0 Å². The van der Waals surface area contributed by atoms with E-state index in [-0.39, 0.29) is 0 Å². The summed E-state index contributed by atoms with van der Waals surface area (Å²) in [5.74, 6) is 0. The van der Waals surface area contributed by atoms with Crippen molar-refractivity contribution in [2.75, 3.05) is 0 Å². The van der Waals surface area contributed by atoms with E-state index in [1.807, 2.05) is 24.3 Å². The van der Waals surface area contributed by atoms with Crippen LogP contribution in [0.5, 0.6) is 0 Å². The molecule has 2 rings (SSSR count). The normalized spacial score (nSPS) is 10.2. The topological polar surface area (TPSA) is 14.1 Å². The lowest BCUT2D eigenvalue weighted by molar-refractivity contribution is 1.41. The van der Waals surface area contributed by atoms with E-state index in [0.717, 1.165) is 10.2 Å². The fraction of sp³-hybridized carbons (Fsp3) is 0. The Hall–Kier alpha value is -1.15. The zero-order valence-corrected chi connectivity index (χ0v) is 8.58. The standard InChI is InChI=1S/C11H8BrN/c1-13-10-7-6-8-4-2-3-5-9(8)11(10)12/h2-7H,1H2/q+1. The van der Waals surface area contributed by atoms with Gasteiger partial charge in [-0.3, -0.25) is 0 Å². The molecule has 0 amide bonds. The number of aliphatic imine (C=N–C) groups is 1. The van der Waals surface area contributed by atoms with Gasteiger partial charge >= 0.3 is 0 Å². The van der Waals surface area contributed by atoms with Crippen LogP contribution in [0.3, 0.4) is 0 Å². The van der Waals surface area contributed by atoms with Gasteiger partial charge in [-0.25, -0.2) is 0 Å². The minimum atomic E-state index is 0.888. The zero-order chi connectivity index (χ0) is 9.26. The summed E-state index contributed by atoms with van der Waals surface area (Å²) in [6.07, 6.45) is 0. The summed E-state index contributed by atoms with van der Waals surface area (Å²) in [4.78, 5) is 3.92. The molecule has 13 heavy (non-hydrogen) atoms. The first-order chi connectivity index (χ1) is 6.33. The van der Waals surface area contributed by atoms with Crippen LogP contribution in [-0.2, 0) is 0 Å². The molecule has 1 radical (unpaired) electrons. The van der Waals surface area contributed by atoms with Crippen molar-refractivity contribution < 1.29 is 0 Å². The molecule has 0 heterocycles. The lowest BCUT2D eigenvalue weighted by atomic mass is 10.1. The van der Waals surface area contributed by atoms with Gasteiger partial charge in [0.15, 0.2) is 0 Å². The molecule has 0 spiro atoms. The van der Waals surface area contributed by atoms with Crippen LogP contribution < -0.4 is 4.99 Å². The monoisotopic (exact) mass is 233 g/mol. The molecule has 0 N–H and O–H groups in total. The van der Waals surface area contributed by atoms with E-state index < -0.39 is 0 Å². The number of rotatable bonds is 1. The lowest BCUT2D eigenvalue weighted by Crippen LogP contribution is -1.80. The molecular formula is C11H8BrN+. The van der Waals surface area contributed by atoms with Gasteiger partial charge in [0, 0.05) is 11.5 Å². The second-order valence-corrected chi connectivity index (χ2v) is 3.57. The first-order valence-corrected chi connectivity index (χ1v) is 4.76. The van der Waals surface area contributed by atoms with Crippen molar-refractivity contribution in [2.45, 2.75) is 0 Å². The molecule has 0 aliphatic heterocycles. The Morgan fingerprint density at radius 1 is 1.08 bits per heavy atom. The summed E-state index contributed by atoms with van der Waals surface area (Å²) < 4.78 is 1.01. The third-order valence-corrected chi connectivity index (χ3v) is 2.85. The van der Waals surface area contributed by atoms with Crippen molar-refractivity contribution in [1.82, 2.24) is 4.99 Å². The van der Waals surface area contributed by atoms with E-state index in [4.69, 9.17) is 0 Å². The van der Waals surface area contributed by atoms with Gasteiger partial charge in [-0.05, 0) is 27.4 Å². The van der Waals surface area contributed by atoms with E-state index in [2.05, 4.69) is 39.8 Å². The number of hydrogen-bond acceptors (Lipinski definition) is 1. The number of hydrogen-bond donors (Lipinski definition) is 0. The van der Waals surface area contributed by atoms with E-state index in [9.17, 15) is 0 Å². The Morgan fingerprint density at radius 3 is 2.62 bits per heavy atom. The first kappa shape index (κ1) is 8.45. The Bertz CT molecular complexity index is 463. The third kappa shape index (κ3) is 1.38. The van der Waals surface area contributed by atoms with Crippen LogP contribution in [0.1, 0.15) is 0 Å². The van der Waals surface area contributed by atoms with Crippen molar-refractivity contribution in [3.05, 3.63) is 40.9 Å². The molecule has 0 aliphatic rings. The Balaban J connectivity index is 2.86. The molecule has 2 heteroatoms. The molecule has 0 unspecified atom stereocenters. The molecule has 2 aromatic rings. The SMILES string of the molecule is C=[N+]c1ccc2ccccc2c1Br. The maximum atomic E-state index is 3.92. The molecule has 0 aliphatic carbocycles. The lowest BCUT2D eigenvalue weighted by Gasteiger charge is -1.97. The third-order valence-electron chi connectivity index (χ3n) is 2.01. The predicted octanol–water partition coefficient (Wildman–Crippen LogP) is 3.27. The Morgan fingerprint density at radius 2 is 1.85 bits per heavy atom. The predicted molar refractivity (Wildman–Crippen MR) is 60.6 cm³/mol. The fourth-order valence-electron chi connectivity index (χ4n) is 1.34. The largest absolute Gasteiger partial charge is 0.291 e. The summed E-state index contributed by atoms with van der Waals surface area (Å²) in [6, 6.07) is 12.2. The van der Waals surface area contributed by atoms with E-state index in [1.165, 1.54) is 10.8 Å². The smallest absolute Gasteiger partial charge is 0.0616 e. The van der Waals surface area contributed by atoms with Crippen LogP contribution in [0.4, 0.5) is 5.69 Å². The minimum Gasteiger partial charge on any atom is -0.0616 e. The summed E-state index contributed by atoms with van der Waals surface area (Å²) in [7, 11) is 0. The molecule has 0 bridgehead atoms. The van der Waals surface area contributed by atoms with Crippen LogP contribution in [0.2, 0.25) is 0 Å². The van der Waals surface area contributed by atoms with Gasteiger partial charge in [-0.2, -0.15) is 0 Å². The second kappa shape index (κ2) is 3.30. The number of benzene rings is 2. The molecular weight excluding hydrogens is 226 g/mol. The first-order valence-electron chi connectivity index (χ1n) is 3.97. The quantitative estimate of drug-likeness (QED) is 0.672. The molecule has 0 fully saturated rings. The van der Waals surface area contributed by atoms with E-state index in [1.54, 1.807) is 0 Å². The highest BCUT2D eigenvalue weighted by Crippen LogP contribution is 2.30. The van der Waals surface area contributed by atoms with Gasteiger partial charge in [0.25, 0.3) is 5.69 Å². The van der Waals surface area contributed by atoms with Crippen molar-refractivity contribution in [3.8, 4) is 0 Å². The second-order valence-electron chi connectivity index (χ2n) is 2.78. The van der Waals surface area contributed by atoms with Gasteiger partial charge in [-0.15, -0.1) is 0 Å². The molecule has 1 nitrogen and oxygen atoms in total. The van der Waals surface area contributed by atoms with Crippen LogP contribution in [0.25, 0.3) is 10.8 Å². The molecule has 0 saturated heterocycles. The number of nitrogens with zero attached hydrogens (tertiary/aromatic N) is 1. The van der Waals surface area contributed by atoms with Gasteiger partial charge in [0.1, 0.15) is 4.47 Å². The van der Waals surface area contributed by atoms with Gasteiger partial charge in [0.2, 0.25) is 6.72 Å². The molecule has 0 aromatic heterocycles. The van der Waals surface area contributed by atoms with Crippen molar-refractivity contribution in [2.24, 2.45) is 0 Å². The number of fused-ring (bicyclic) bond motifs is 1. The van der Waals surface area contributed by atoms with Gasteiger partial charge < -0.3 is 0 Å². The highest BCUT2D eigenvalue weighted by molar-refractivity contribution is 9.10. The highest BCUT2D eigenvalue weighted by atomic mass is 79.9. The summed E-state index contributed by atoms with van der Waals surface area (Å²) in [6.45, 7) is 3.52. The van der Waals surface area contributed by atoms with E-state index in [0.29, 0.717) is 0 Å².